The second-order valence-corrected chi connectivity index (χ2v) is 9.23. The highest BCUT2D eigenvalue weighted by Crippen LogP contribution is 2.35. The molecule has 164 valence electrons. The number of alkyl halides is 3. The van der Waals surface area contributed by atoms with E-state index in [-0.39, 0.29) is 28.6 Å². The molecular formula is C22H31F3O4. The Morgan fingerprint density at radius 2 is 1.45 bits per heavy atom. The molecule has 0 amide bonds. The van der Waals surface area contributed by atoms with E-state index in [0.717, 1.165) is 13.0 Å². The number of carboxylic acid groups (broad SMARTS) is 1. The number of rotatable bonds is 4. The molecule has 0 saturated carbocycles. The van der Waals surface area contributed by atoms with Gasteiger partial charge in [0.1, 0.15) is 5.78 Å². The predicted molar refractivity (Wildman–Crippen MR) is 106 cm³/mol. The number of hydrogen-bond acceptors (Lipinski definition) is 3. The molecule has 1 aromatic carbocycles. The van der Waals surface area contributed by atoms with Gasteiger partial charge in [0.25, 0.3) is 0 Å². The SMILES string of the molecule is CC(=O)C[C@@H](C(=O)O)C(C)(C)C.CC(=O)c1ccc(C(C)(C)C)cc1C(F)(F)F. The van der Waals surface area contributed by atoms with E-state index in [1.807, 2.05) is 41.5 Å². The third-order valence-corrected chi connectivity index (χ3v) is 4.41. The predicted octanol–water partition coefficient (Wildman–Crippen LogP) is 5.92. The van der Waals surface area contributed by atoms with Gasteiger partial charge in [0.05, 0.1) is 11.5 Å². The maximum Gasteiger partial charge on any atom is 0.417 e. The Labute approximate surface area is 170 Å². The second kappa shape index (κ2) is 9.55. The monoisotopic (exact) mass is 416 g/mol. The van der Waals surface area contributed by atoms with Crippen molar-refractivity contribution in [3.8, 4) is 0 Å². The standard InChI is InChI=1S/C13H15F3O.C9H16O3/c1-8(17)10-6-5-9(12(2,3)4)7-11(10)13(14,15)16;1-6(10)5-7(8(11)12)9(2,3)4/h5-7H,1-4H3;7H,5H2,1-4H3,(H,11,12)/t;7-/m.0/s1. The van der Waals surface area contributed by atoms with Crippen molar-refractivity contribution >= 4 is 17.5 Å². The van der Waals surface area contributed by atoms with Crippen LogP contribution in [0.2, 0.25) is 0 Å². The highest BCUT2D eigenvalue weighted by atomic mass is 19.4. The molecular weight excluding hydrogens is 385 g/mol. The number of Topliss-reactive ketones (excluding diaryl/α,β-unsaturated/α-hetero) is 2. The Hall–Kier alpha value is -2.18. The number of carboxylic acids is 1. The third kappa shape index (κ3) is 8.79. The summed E-state index contributed by atoms with van der Waals surface area (Å²) in [5.74, 6) is -2.11. The van der Waals surface area contributed by atoms with E-state index >= 15 is 0 Å². The summed E-state index contributed by atoms with van der Waals surface area (Å²) in [6, 6.07) is 3.90. The summed E-state index contributed by atoms with van der Waals surface area (Å²) in [5.41, 5.74) is -1.29. The molecule has 0 spiro atoms. The zero-order chi connectivity index (χ0) is 23.4. The topological polar surface area (TPSA) is 71.4 Å². The van der Waals surface area contributed by atoms with E-state index in [0.29, 0.717) is 5.56 Å². The largest absolute Gasteiger partial charge is 0.481 e. The van der Waals surface area contributed by atoms with Crippen LogP contribution in [0, 0.1) is 11.3 Å². The van der Waals surface area contributed by atoms with Gasteiger partial charge < -0.3 is 9.90 Å². The molecule has 1 rings (SSSR count). The van der Waals surface area contributed by atoms with Crippen LogP contribution < -0.4 is 0 Å². The molecule has 0 unspecified atom stereocenters. The van der Waals surface area contributed by atoms with Crippen molar-refractivity contribution in [1.82, 2.24) is 0 Å². The average Bonchev–Trinajstić information content (AvgIpc) is 2.49. The van der Waals surface area contributed by atoms with Crippen LogP contribution in [0.4, 0.5) is 13.2 Å². The number of benzene rings is 1. The van der Waals surface area contributed by atoms with Gasteiger partial charge in [-0.05, 0) is 36.3 Å². The lowest BCUT2D eigenvalue weighted by molar-refractivity contribution is -0.147. The number of aliphatic carboxylic acids is 1. The van der Waals surface area contributed by atoms with Gasteiger partial charge in [-0.2, -0.15) is 13.2 Å². The normalized spacial score (nSPS) is 13.2. The van der Waals surface area contributed by atoms with Gasteiger partial charge in [-0.15, -0.1) is 0 Å². The first-order valence-corrected chi connectivity index (χ1v) is 9.23. The lowest BCUT2D eigenvalue weighted by atomic mass is 9.78. The summed E-state index contributed by atoms with van der Waals surface area (Å²) in [5, 5.41) is 8.81. The first-order valence-electron chi connectivity index (χ1n) is 9.23. The minimum Gasteiger partial charge on any atom is -0.481 e. The van der Waals surface area contributed by atoms with Crippen LogP contribution in [0.3, 0.4) is 0 Å². The van der Waals surface area contributed by atoms with Gasteiger partial charge in [-0.25, -0.2) is 0 Å². The fourth-order valence-electron chi connectivity index (χ4n) is 2.60. The van der Waals surface area contributed by atoms with Gasteiger partial charge in [0.15, 0.2) is 5.78 Å². The Balaban J connectivity index is 0.000000578. The maximum atomic E-state index is 12.8. The summed E-state index contributed by atoms with van der Waals surface area (Å²) in [4.78, 5) is 32.6. The van der Waals surface area contributed by atoms with Crippen LogP contribution in [-0.2, 0) is 21.2 Å². The van der Waals surface area contributed by atoms with E-state index in [2.05, 4.69) is 0 Å². The summed E-state index contributed by atoms with van der Waals surface area (Å²) >= 11 is 0. The fraction of sp³-hybridized carbons (Fsp3) is 0.591. The highest BCUT2D eigenvalue weighted by molar-refractivity contribution is 5.95. The third-order valence-electron chi connectivity index (χ3n) is 4.41. The minimum atomic E-state index is -4.50. The van der Waals surface area contributed by atoms with Crippen LogP contribution in [-0.4, -0.2) is 22.6 Å². The average molecular weight is 416 g/mol. The number of carbonyl (C=O) groups is 3. The first kappa shape index (κ1) is 26.8. The van der Waals surface area contributed by atoms with Gasteiger partial charge in [0.2, 0.25) is 0 Å². The molecule has 1 N–H and O–H groups in total. The van der Waals surface area contributed by atoms with E-state index in [4.69, 9.17) is 5.11 Å². The number of halogens is 3. The molecule has 0 aliphatic heterocycles. The van der Waals surface area contributed by atoms with E-state index in [1.54, 1.807) is 6.07 Å². The molecule has 7 heteroatoms. The van der Waals surface area contributed by atoms with Gasteiger partial charge >= 0.3 is 12.1 Å². The molecule has 1 atom stereocenters. The van der Waals surface area contributed by atoms with Crippen LogP contribution >= 0.6 is 0 Å². The second-order valence-electron chi connectivity index (χ2n) is 9.23. The van der Waals surface area contributed by atoms with Crippen LogP contribution in [0.15, 0.2) is 18.2 Å². The van der Waals surface area contributed by atoms with Crippen molar-refractivity contribution in [2.45, 2.75) is 73.4 Å². The Morgan fingerprint density at radius 1 is 0.966 bits per heavy atom. The molecule has 0 aliphatic carbocycles. The summed E-state index contributed by atoms with van der Waals surface area (Å²) in [7, 11) is 0. The van der Waals surface area contributed by atoms with Crippen molar-refractivity contribution in [3.63, 3.8) is 0 Å². The number of ketones is 2. The molecule has 0 heterocycles. The van der Waals surface area contributed by atoms with Gasteiger partial charge in [-0.1, -0.05) is 53.7 Å². The first-order chi connectivity index (χ1) is 12.8. The van der Waals surface area contributed by atoms with Gasteiger partial charge in [-0.3, -0.25) is 9.59 Å². The van der Waals surface area contributed by atoms with Crippen molar-refractivity contribution < 1.29 is 32.7 Å². The zero-order valence-electron chi connectivity index (χ0n) is 18.3. The van der Waals surface area contributed by atoms with Crippen LogP contribution in [0.25, 0.3) is 0 Å². The lowest BCUT2D eigenvalue weighted by Crippen LogP contribution is -2.30. The summed E-state index contributed by atoms with van der Waals surface area (Å²) in [6.45, 7) is 13.5. The molecule has 0 aliphatic rings. The van der Waals surface area contributed by atoms with Crippen molar-refractivity contribution in [3.05, 3.63) is 34.9 Å². The Bertz CT molecular complexity index is 751. The molecule has 29 heavy (non-hydrogen) atoms. The van der Waals surface area contributed by atoms with Crippen molar-refractivity contribution in [2.24, 2.45) is 11.3 Å². The van der Waals surface area contributed by atoms with Crippen LogP contribution in [0.1, 0.15) is 83.3 Å². The quantitative estimate of drug-likeness (QED) is 0.619. The van der Waals surface area contributed by atoms with Gasteiger partial charge in [0, 0.05) is 12.0 Å². The Kier molecular flexibility index (Phi) is 8.83. The molecule has 4 nitrogen and oxygen atoms in total. The smallest absolute Gasteiger partial charge is 0.417 e. The van der Waals surface area contributed by atoms with E-state index in [1.165, 1.54) is 13.0 Å². The van der Waals surface area contributed by atoms with E-state index < -0.39 is 29.4 Å². The number of hydrogen-bond donors (Lipinski definition) is 1. The Morgan fingerprint density at radius 3 is 1.69 bits per heavy atom. The molecule has 0 saturated heterocycles. The summed E-state index contributed by atoms with van der Waals surface area (Å²) in [6.07, 6.45) is -4.37. The molecule has 1 aromatic rings. The fourth-order valence-corrected chi connectivity index (χ4v) is 2.60. The lowest BCUT2D eigenvalue weighted by Gasteiger charge is -2.25. The molecule has 0 radical (unpaired) electrons. The maximum absolute atomic E-state index is 12.8. The zero-order valence-corrected chi connectivity index (χ0v) is 18.3. The van der Waals surface area contributed by atoms with Crippen LogP contribution in [0.5, 0.6) is 0 Å². The number of carbonyl (C=O) groups excluding carboxylic acids is 2. The van der Waals surface area contributed by atoms with E-state index in [9.17, 15) is 27.6 Å². The summed E-state index contributed by atoms with van der Waals surface area (Å²) < 4.78 is 38.5. The molecule has 0 aromatic heterocycles. The molecule has 0 fully saturated rings. The van der Waals surface area contributed by atoms with Crippen molar-refractivity contribution in [1.29, 1.82) is 0 Å². The molecule has 0 bridgehead atoms. The highest BCUT2D eigenvalue weighted by Gasteiger charge is 2.35. The van der Waals surface area contributed by atoms with Crippen molar-refractivity contribution in [2.75, 3.05) is 0 Å². The minimum absolute atomic E-state index is 0.0719.